The van der Waals surface area contributed by atoms with Crippen LogP contribution in [0.4, 0.5) is 5.69 Å². The maximum Gasteiger partial charge on any atom is 0.221 e. The number of rotatable bonds is 5. The zero-order valence-corrected chi connectivity index (χ0v) is 11.0. The molecule has 102 valence electrons. The molecule has 0 atom stereocenters. The Hall–Kier alpha value is -2.75. The molecule has 4 N–H and O–H groups in total. The first-order valence-electron chi connectivity index (χ1n) is 6.22. The highest BCUT2D eigenvalue weighted by Crippen LogP contribution is 2.22. The second-order valence-electron chi connectivity index (χ2n) is 4.31. The number of ether oxygens (including phenoxy) is 1. The molecule has 0 fully saturated rings. The predicted molar refractivity (Wildman–Crippen MR) is 80.2 cm³/mol. The summed E-state index contributed by atoms with van der Waals surface area (Å²) in [6.07, 6.45) is 3.82. The van der Waals surface area contributed by atoms with Crippen molar-refractivity contribution < 1.29 is 9.53 Å². The van der Waals surface area contributed by atoms with Crippen LogP contribution in [-0.4, -0.2) is 5.91 Å². The van der Waals surface area contributed by atoms with Crippen molar-refractivity contribution >= 4 is 17.7 Å². The summed E-state index contributed by atoms with van der Waals surface area (Å²) in [5.41, 5.74) is 12.4. The van der Waals surface area contributed by atoms with Crippen molar-refractivity contribution in [2.75, 3.05) is 5.73 Å². The Bertz CT molecular complexity index is 601. The third-order valence-corrected chi connectivity index (χ3v) is 2.63. The van der Waals surface area contributed by atoms with Crippen LogP contribution in [0.1, 0.15) is 12.0 Å². The lowest BCUT2D eigenvalue weighted by molar-refractivity contribution is -0.117. The molecular weight excluding hydrogens is 252 g/mol. The summed E-state index contributed by atoms with van der Waals surface area (Å²) < 4.78 is 5.68. The van der Waals surface area contributed by atoms with Crippen molar-refractivity contribution in [2.24, 2.45) is 5.73 Å². The Balaban J connectivity index is 1.99. The average molecular weight is 268 g/mol. The first-order chi connectivity index (χ1) is 9.63. The first-order valence-corrected chi connectivity index (χ1v) is 6.22. The lowest BCUT2D eigenvalue weighted by Gasteiger charge is -2.06. The summed E-state index contributed by atoms with van der Waals surface area (Å²) in [6.45, 7) is 0. The van der Waals surface area contributed by atoms with E-state index in [4.69, 9.17) is 16.2 Å². The minimum absolute atomic E-state index is 0.240. The summed E-state index contributed by atoms with van der Waals surface area (Å²) >= 11 is 0. The van der Waals surface area contributed by atoms with Crippen molar-refractivity contribution in [1.82, 2.24) is 0 Å². The van der Waals surface area contributed by atoms with Crippen LogP contribution in [0.25, 0.3) is 6.08 Å². The Morgan fingerprint density at radius 2 is 1.55 bits per heavy atom. The maximum atomic E-state index is 10.6. The normalized spacial score (nSPS) is 10.6. The summed E-state index contributed by atoms with van der Waals surface area (Å²) in [4.78, 5) is 10.6. The third kappa shape index (κ3) is 4.17. The molecule has 0 heterocycles. The van der Waals surface area contributed by atoms with Crippen LogP contribution in [-0.2, 0) is 4.79 Å². The van der Waals surface area contributed by atoms with Gasteiger partial charge in [-0.2, -0.15) is 0 Å². The van der Waals surface area contributed by atoms with Crippen LogP contribution >= 0.6 is 0 Å². The molecule has 0 aliphatic rings. The third-order valence-electron chi connectivity index (χ3n) is 2.63. The predicted octanol–water partition coefficient (Wildman–Crippen LogP) is 2.95. The van der Waals surface area contributed by atoms with E-state index < -0.39 is 0 Å². The molecule has 0 unspecified atom stereocenters. The molecule has 0 bridgehead atoms. The minimum Gasteiger partial charge on any atom is -0.457 e. The Labute approximate surface area is 117 Å². The molecular formula is C16H16N2O2. The van der Waals surface area contributed by atoms with Gasteiger partial charge in [-0.15, -0.1) is 0 Å². The van der Waals surface area contributed by atoms with Gasteiger partial charge in [0.1, 0.15) is 11.5 Å². The van der Waals surface area contributed by atoms with Crippen LogP contribution in [0.2, 0.25) is 0 Å². The van der Waals surface area contributed by atoms with E-state index in [1.807, 2.05) is 42.5 Å². The van der Waals surface area contributed by atoms with Crippen molar-refractivity contribution in [3.05, 3.63) is 60.2 Å². The van der Waals surface area contributed by atoms with Crippen LogP contribution in [0.5, 0.6) is 11.5 Å². The number of carbonyl (C=O) groups excluding carboxylic acids is 1. The fourth-order valence-corrected chi connectivity index (χ4v) is 1.63. The van der Waals surface area contributed by atoms with Crippen LogP contribution < -0.4 is 16.2 Å². The molecule has 2 aromatic rings. The van der Waals surface area contributed by atoms with Crippen molar-refractivity contribution in [2.45, 2.75) is 6.42 Å². The number of benzene rings is 2. The molecule has 0 spiro atoms. The van der Waals surface area contributed by atoms with E-state index in [1.54, 1.807) is 18.2 Å². The molecule has 1 amide bonds. The maximum absolute atomic E-state index is 10.6. The van der Waals surface area contributed by atoms with E-state index in [0.717, 1.165) is 17.1 Å². The van der Waals surface area contributed by atoms with E-state index in [1.165, 1.54) is 0 Å². The smallest absolute Gasteiger partial charge is 0.221 e. The van der Waals surface area contributed by atoms with Crippen LogP contribution in [0.3, 0.4) is 0 Å². The molecule has 0 aliphatic carbocycles. The van der Waals surface area contributed by atoms with Crippen molar-refractivity contribution in [1.29, 1.82) is 0 Å². The molecule has 20 heavy (non-hydrogen) atoms. The number of primary amides is 1. The summed E-state index contributed by atoms with van der Waals surface area (Å²) in [5.74, 6) is 1.13. The molecule has 4 heteroatoms. The largest absolute Gasteiger partial charge is 0.457 e. The van der Waals surface area contributed by atoms with Gasteiger partial charge in [-0.25, -0.2) is 0 Å². The topological polar surface area (TPSA) is 78.3 Å². The van der Waals surface area contributed by atoms with Gasteiger partial charge in [0.15, 0.2) is 0 Å². The van der Waals surface area contributed by atoms with Crippen LogP contribution in [0, 0.1) is 0 Å². The number of hydrogen-bond donors (Lipinski definition) is 2. The quantitative estimate of drug-likeness (QED) is 0.818. The van der Waals surface area contributed by atoms with E-state index >= 15 is 0 Å². The minimum atomic E-state index is -0.343. The zero-order chi connectivity index (χ0) is 14.4. The van der Waals surface area contributed by atoms with Gasteiger partial charge in [0, 0.05) is 12.1 Å². The van der Waals surface area contributed by atoms with Gasteiger partial charge < -0.3 is 16.2 Å². The van der Waals surface area contributed by atoms with Crippen molar-refractivity contribution in [3.63, 3.8) is 0 Å². The fraction of sp³-hybridized carbons (Fsp3) is 0.0625. The number of nitrogen functional groups attached to an aromatic ring is 1. The molecule has 2 rings (SSSR count). The van der Waals surface area contributed by atoms with Gasteiger partial charge in [0.25, 0.3) is 0 Å². The molecule has 2 aromatic carbocycles. The lowest BCUT2D eigenvalue weighted by Crippen LogP contribution is -2.07. The Morgan fingerprint density at radius 1 is 1.00 bits per heavy atom. The van der Waals surface area contributed by atoms with E-state index in [-0.39, 0.29) is 12.3 Å². The highest BCUT2D eigenvalue weighted by molar-refractivity contribution is 5.76. The van der Waals surface area contributed by atoms with E-state index in [0.29, 0.717) is 5.69 Å². The zero-order valence-electron chi connectivity index (χ0n) is 11.0. The summed E-state index contributed by atoms with van der Waals surface area (Å²) in [5, 5.41) is 0. The summed E-state index contributed by atoms with van der Waals surface area (Å²) in [6, 6.07) is 14.7. The second kappa shape index (κ2) is 6.43. The first kappa shape index (κ1) is 13.7. The van der Waals surface area contributed by atoms with E-state index in [9.17, 15) is 4.79 Å². The Morgan fingerprint density at radius 3 is 2.10 bits per heavy atom. The molecule has 0 radical (unpaired) electrons. The van der Waals surface area contributed by atoms with Gasteiger partial charge in [-0.05, 0) is 42.0 Å². The number of hydrogen-bond acceptors (Lipinski definition) is 3. The molecule has 0 saturated heterocycles. The number of anilines is 1. The SMILES string of the molecule is NC(=O)CC=Cc1ccc(Oc2ccc(N)cc2)cc1. The molecule has 0 aromatic heterocycles. The standard InChI is InChI=1S/C16H16N2O2/c17-13-6-10-15(11-7-13)20-14-8-4-12(5-9-14)2-1-3-16(18)19/h1-2,4-11H,3,17H2,(H2,18,19). The molecule has 0 aliphatic heterocycles. The fourth-order valence-electron chi connectivity index (χ4n) is 1.63. The number of nitrogens with two attached hydrogens (primary N) is 2. The van der Waals surface area contributed by atoms with Gasteiger partial charge in [-0.1, -0.05) is 24.3 Å². The van der Waals surface area contributed by atoms with Crippen molar-refractivity contribution in [3.8, 4) is 11.5 Å². The van der Waals surface area contributed by atoms with Gasteiger partial charge in [0.2, 0.25) is 5.91 Å². The van der Waals surface area contributed by atoms with Gasteiger partial charge >= 0.3 is 0 Å². The Kier molecular flexibility index (Phi) is 4.39. The lowest BCUT2D eigenvalue weighted by atomic mass is 10.2. The van der Waals surface area contributed by atoms with Crippen LogP contribution in [0.15, 0.2) is 54.6 Å². The number of carbonyl (C=O) groups is 1. The number of amides is 1. The molecule has 4 nitrogen and oxygen atoms in total. The monoisotopic (exact) mass is 268 g/mol. The highest BCUT2D eigenvalue weighted by atomic mass is 16.5. The van der Waals surface area contributed by atoms with Gasteiger partial charge in [0.05, 0.1) is 0 Å². The second-order valence-corrected chi connectivity index (χ2v) is 4.31. The van der Waals surface area contributed by atoms with Gasteiger partial charge in [-0.3, -0.25) is 4.79 Å². The van der Waals surface area contributed by atoms with E-state index in [2.05, 4.69) is 0 Å². The molecule has 0 saturated carbocycles. The average Bonchev–Trinajstić information content (AvgIpc) is 2.43. The highest BCUT2D eigenvalue weighted by Gasteiger charge is 1.97. The summed E-state index contributed by atoms with van der Waals surface area (Å²) in [7, 11) is 0.